The van der Waals surface area contributed by atoms with E-state index < -0.39 is 0 Å². The van der Waals surface area contributed by atoms with Gasteiger partial charge in [-0.15, -0.1) is 0 Å². The Bertz CT molecular complexity index is 355. The monoisotopic (exact) mass is 292 g/mol. The van der Waals surface area contributed by atoms with E-state index in [0.717, 1.165) is 37.8 Å². The van der Waals surface area contributed by atoms with E-state index in [9.17, 15) is 5.26 Å². The number of nitrogens with zero attached hydrogens (tertiary/aromatic N) is 1. The molecule has 0 aromatic carbocycles. The second-order valence-electron chi connectivity index (χ2n) is 7.40. The SMILES string of the molecule is CCNC1(C#N)CCCC1CCOC1CC(C)CC(C)C1. The van der Waals surface area contributed by atoms with Gasteiger partial charge in [-0.05, 0) is 62.8 Å². The first-order valence-electron chi connectivity index (χ1n) is 8.87. The first-order valence-corrected chi connectivity index (χ1v) is 8.87. The van der Waals surface area contributed by atoms with Gasteiger partial charge in [0.25, 0.3) is 0 Å². The maximum absolute atomic E-state index is 9.58. The van der Waals surface area contributed by atoms with Crippen molar-refractivity contribution in [2.75, 3.05) is 13.2 Å². The lowest BCUT2D eigenvalue weighted by Crippen LogP contribution is -2.47. The van der Waals surface area contributed by atoms with Crippen LogP contribution in [0.4, 0.5) is 0 Å². The van der Waals surface area contributed by atoms with Crippen molar-refractivity contribution in [1.29, 1.82) is 5.26 Å². The lowest BCUT2D eigenvalue weighted by molar-refractivity contribution is -0.00657. The van der Waals surface area contributed by atoms with E-state index in [2.05, 4.69) is 32.2 Å². The van der Waals surface area contributed by atoms with Crippen LogP contribution in [0.15, 0.2) is 0 Å². The summed E-state index contributed by atoms with van der Waals surface area (Å²) in [7, 11) is 0. The second kappa shape index (κ2) is 7.61. The van der Waals surface area contributed by atoms with Gasteiger partial charge in [0.2, 0.25) is 0 Å². The van der Waals surface area contributed by atoms with Crippen LogP contribution in [-0.2, 0) is 4.74 Å². The molecule has 4 unspecified atom stereocenters. The van der Waals surface area contributed by atoms with E-state index in [1.165, 1.54) is 32.1 Å². The molecule has 0 aromatic rings. The number of nitriles is 1. The largest absolute Gasteiger partial charge is 0.378 e. The Labute approximate surface area is 130 Å². The Morgan fingerprint density at radius 1 is 1.24 bits per heavy atom. The molecule has 0 heterocycles. The lowest BCUT2D eigenvalue weighted by atomic mass is 9.81. The molecule has 0 aliphatic heterocycles. The minimum absolute atomic E-state index is 0.286. The van der Waals surface area contributed by atoms with E-state index in [4.69, 9.17) is 4.74 Å². The van der Waals surface area contributed by atoms with Crippen molar-refractivity contribution in [1.82, 2.24) is 5.32 Å². The lowest BCUT2D eigenvalue weighted by Gasteiger charge is -2.33. The third kappa shape index (κ3) is 4.20. The molecule has 21 heavy (non-hydrogen) atoms. The maximum atomic E-state index is 9.58. The Morgan fingerprint density at radius 2 is 1.95 bits per heavy atom. The molecular formula is C18H32N2O. The standard InChI is InChI=1S/C18H32N2O/c1-4-20-18(13-19)8-5-6-16(18)7-9-21-17-11-14(2)10-15(3)12-17/h14-17,20H,4-12H2,1-3H3. The van der Waals surface area contributed by atoms with Gasteiger partial charge in [0.15, 0.2) is 0 Å². The van der Waals surface area contributed by atoms with Crippen molar-refractivity contribution in [3.8, 4) is 6.07 Å². The van der Waals surface area contributed by atoms with Crippen LogP contribution in [-0.4, -0.2) is 24.8 Å². The molecule has 0 spiro atoms. The van der Waals surface area contributed by atoms with E-state index in [1.54, 1.807) is 0 Å². The van der Waals surface area contributed by atoms with Crippen molar-refractivity contribution in [2.24, 2.45) is 17.8 Å². The molecule has 0 bridgehead atoms. The first-order chi connectivity index (χ1) is 10.1. The van der Waals surface area contributed by atoms with E-state index in [1.807, 2.05) is 0 Å². The topological polar surface area (TPSA) is 45.0 Å². The van der Waals surface area contributed by atoms with Crippen LogP contribution in [0, 0.1) is 29.1 Å². The van der Waals surface area contributed by atoms with E-state index in [0.29, 0.717) is 12.0 Å². The van der Waals surface area contributed by atoms with Gasteiger partial charge in [0, 0.05) is 6.61 Å². The summed E-state index contributed by atoms with van der Waals surface area (Å²) in [6, 6.07) is 2.56. The van der Waals surface area contributed by atoms with Crippen LogP contribution >= 0.6 is 0 Å². The summed E-state index contributed by atoms with van der Waals surface area (Å²) in [6.45, 7) is 8.48. The van der Waals surface area contributed by atoms with Crippen LogP contribution in [0.1, 0.15) is 65.7 Å². The van der Waals surface area contributed by atoms with Gasteiger partial charge >= 0.3 is 0 Å². The molecular weight excluding hydrogens is 260 g/mol. The van der Waals surface area contributed by atoms with Crippen LogP contribution in [0.3, 0.4) is 0 Å². The number of hydrogen-bond donors (Lipinski definition) is 1. The number of ether oxygens (including phenoxy) is 1. The Morgan fingerprint density at radius 3 is 2.57 bits per heavy atom. The Kier molecular flexibility index (Phi) is 6.08. The number of nitrogens with one attached hydrogen (secondary N) is 1. The fourth-order valence-electron chi connectivity index (χ4n) is 4.59. The normalized spacial score (nSPS) is 40.1. The molecule has 0 saturated heterocycles. The molecule has 1 N–H and O–H groups in total. The Hall–Kier alpha value is -0.590. The molecule has 2 fully saturated rings. The smallest absolute Gasteiger partial charge is 0.109 e. The zero-order valence-electron chi connectivity index (χ0n) is 14.0. The Balaban J connectivity index is 1.78. The molecule has 2 saturated carbocycles. The predicted octanol–water partition coefficient (Wildman–Crippen LogP) is 3.89. The minimum atomic E-state index is -0.286. The van der Waals surface area contributed by atoms with E-state index >= 15 is 0 Å². The number of hydrogen-bond acceptors (Lipinski definition) is 3. The summed E-state index contributed by atoms with van der Waals surface area (Å²) < 4.78 is 6.16. The average Bonchev–Trinajstić information content (AvgIpc) is 2.82. The fraction of sp³-hybridized carbons (Fsp3) is 0.944. The average molecular weight is 292 g/mol. The fourth-order valence-corrected chi connectivity index (χ4v) is 4.59. The minimum Gasteiger partial charge on any atom is -0.378 e. The molecule has 0 radical (unpaired) electrons. The summed E-state index contributed by atoms with van der Waals surface area (Å²) >= 11 is 0. The third-order valence-electron chi connectivity index (χ3n) is 5.47. The molecule has 0 amide bonds. The van der Waals surface area contributed by atoms with Crippen LogP contribution in [0.25, 0.3) is 0 Å². The molecule has 4 atom stereocenters. The second-order valence-corrected chi connectivity index (χ2v) is 7.40. The van der Waals surface area contributed by atoms with Crippen LogP contribution < -0.4 is 5.32 Å². The molecule has 120 valence electrons. The summed E-state index contributed by atoms with van der Waals surface area (Å²) in [5.41, 5.74) is -0.286. The highest BCUT2D eigenvalue weighted by Crippen LogP contribution is 2.38. The van der Waals surface area contributed by atoms with Crippen molar-refractivity contribution in [3.05, 3.63) is 0 Å². The van der Waals surface area contributed by atoms with Crippen molar-refractivity contribution >= 4 is 0 Å². The quantitative estimate of drug-likeness (QED) is 0.808. The van der Waals surface area contributed by atoms with Gasteiger partial charge in [0.1, 0.15) is 5.54 Å². The molecule has 2 aliphatic rings. The van der Waals surface area contributed by atoms with Gasteiger partial charge < -0.3 is 4.74 Å². The van der Waals surface area contributed by atoms with Crippen LogP contribution in [0.2, 0.25) is 0 Å². The molecule has 2 aliphatic carbocycles. The molecule has 3 heteroatoms. The highest BCUT2D eigenvalue weighted by atomic mass is 16.5. The number of rotatable bonds is 6. The first kappa shape index (κ1) is 16.8. The molecule has 2 rings (SSSR count). The summed E-state index contributed by atoms with van der Waals surface area (Å²) in [6.07, 6.45) is 8.59. The van der Waals surface area contributed by atoms with Crippen molar-refractivity contribution < 1.29 is 4.74 Å². The summed E-state index contributed by atoms with van der Waals surface area (Å²) in [5.74, 6) is 2.05. The van der Waals surface area contributed by atoms with Gasteiger partial charge in [-0.1, -0.05) is 27.2 Å². The van der Waals surface area contributed by atoms with Gasteiger partial charge in [-0.3, -0.25) is 5.32 Å². The molecule has 0 aromatic heterocycles. The zero-order chi connectivity index (χ0) is 15.3. The van der Waals surface area contributed by atoms with Gasteiger partial charge in [-0.25, -0.2) is 0 Å². The van der Waals surface area contributed by atoms with Crippen molar-refractivity contribution in [2.45, 2.75) is 77.4 Å². The van der Waals surface area contributed by atoms with Crippen LogP contribution in [0.5, 0.6) is 0 Å². The third-order valence-corrected chi connectivity index (χ3v) is 5.47. The van der Waals surface area contributed by atoms with E-state index in [-0.39, 0.29) is 5.54 Å². The highest BCUT2D eigenvalue weighted by molar-refractivity contribution is 5.13. The highest BCUT2D eigenvalue weighted by Gasteiger charge is 2.42. The summed E-state index contributed by atoms with van der Waals surface area (Å²) in [4.78, 5) is 0. The maximum Gasteiger partial charge on any atom is 0.109 e. The predicted molar refractivity (Wildman–Crippen MR) is 85.9 cm³/mol. The van der Waals surface area contributed by atoms with Gasteiger partial charge in [-0.2, -0.15) is 5.26 Å². The van der Waals surface area contributed by atoms with Gasteiger partial charge in [0.05, 0.1) is 12.2 Å². The zero-order valence-corrected chi connectivity index (χ0v) is 14.0. The van der Waals surface area contributed by atoms with Crippen molar-refractivity contribution in [3.63, 3.8) is 0 Å². The molecule has 3 nitrogen and oxygen atoms in total. The summed E-state index contributed by atoms with van der Waals surface area (Å²) in [5, 5.41) is 13.0.